The average molecular weight is 272 g/mol. The Morgan fingerprint density at radius 3 is 2.65 bits per heavy atom. The third-order valence-corrected chi connectivity index (χ3v) is 3.17. The van der Waals surface area contributed by atoms with E-state index >= 15 is 0 Å². The van der Waals surface area contributed by atoms with E-state index in [0.29, 0.717) is 12.4 Å². The molecule has 1 aromatic heterocycles. The molecule has 0 aliphatic rings. The maximum atomic E-state index is 11.9. The zero-order valence-electron chi connectivity index (χ0n) is 12.1. The number of aryl methyl sites for hydroxylation is 1. The first-order valence-corrected chi connectivity index (χ1v) is 6.89. The average Bonchev–Trinajstić information content (AvgIpc) is 2.47. The number of nitrogens with one attached hydrogen (secondary N) is 2. The van der Waals surface area contributed by atoms with Crippen molar-refractivity contribution in [1.29, 1.82) is 0 Å². The summed E-state index contributed by atoms with van der Waals surface area (Å²) in [4.78, 5) is 11.9. The van der Waals surface area contributed by atoms with Crippen molar-refractivity contribution in [3.05, 3.63) is 30.0 Å². The highest BCUT2D eigenvalue weighted by Gasteiger charge is 2.14. The number of amides is 1. The van der Waals surface area contributed by atoms with Gasteiger partial charge in [-0.15, -0.1) is 5.10 Å². The summed E-state index contributed by atoms with van der Waals surface area (Å²) in [6.07, 6.45) is 0.922. The van der Waals surface area contributed by atoms with Crippen molar-refractivity contribution in [2.24, 2.45) is 0 Å². The SMILES string of the molecule is CCCNC(=O)C(C)Nc1nnc(C)c2ccccc12. The minimum absolute atomic E-state index is 0.0293. The fraction of sp³-hybridized carbons (Fsp3) is 0.400. The Hall–Kier alpha value is -2.17. The van der Waals surface area contributed by atoms with Gasteiger partial charge in [0, 0.05) is 17.3 Å². The molecule has 20 heavy (non-hydrogen) atoms. The molecule has 2 N–H and O–H groups in total. The van der Waals surface area contributed by atoms with E-state index in [0.717, 1.165) is 22.9 Å². The Morgan fingerprint density at radius 2 is 1.95 bits per heavy atom. The smallest absolute Gasteiger partial charge is 0.242 e. The van der Waals surface area contributed by atoms with Crippen LogP contribution in [0.2, 0.25) is 0 Å². The van der Waals surface area contributed by atoms with E-state index in [9.17, 15) is 4.79 Å². The Labute approximate surface area is 118 Å². The second-order valence-corrected chi connectivity index (χ2v) is 4.84. The number of carbonyl (C=O) groups excluding carboxylic acids is 1. The second kappa shape index (κ2) is 6.32. The van der Waals surface area contributed by atoms with Gasteiger partial charge in [0.1, 0.15) is 6.04 Å². The van der Waals surface area contributed by atoms with Crippen LogP contribution in [0.3, 0.4) is 0 Å². The zero-order valence-corrected chi connectivity index (χ0v) is 12.1. The van der Waals surface area contributed by atoms with Crippen molar-refractivity contribution in [2.75, 3.05) is 11.9 Å². The van der Waals surface area contributed by atoms with Gasteiger partial charge in [-0.3, -0.25) is 4.79 Å². The minimum Gasteiger partial charge on any atom is -0.357 e. The van der Waals surface area contributed by atoms with Gasteiger partial charge in [-0.05, 0) is 20.3 Å². The second-order valence-electron chi connectivity index (χ2n) is 4.84. The topological polar surface area (TPSA) is 66.9 Å². The lowest BCUT2D eigenvalue weighted by atomic mass is 10.1. The van der Waals surface area contributed by atoms with Gasteiger partial charge in [-0.1, -0.05) is 31.2 Å². The molecule has 0 saturated carbocycles. The minimum atomic E-state index is -0.345. The predicted octanol–water partition coefficient (Wildman–Crippen LogP) is 2.26. The molecule has 1 atom stereocenters. The summed E-state index contributed by atoms with van der Waals surface area (Å²) >= 11 is 0. The van der Waals surface area contributed by atoms with E-state index in [2.05, 4.69) is 20.8 Å². The van der Waals surface area contributed by atoms with Crippen LogP contribution in [0.4, 0.5) is 5.82 Å². The fourth-order valence-corrected chi connectivity index (χ4v) is 2.02. The molecule has 0 bridgehead atoms. The summed E-state index contributed by atoms with van der Waals surface area (Å²) in [6.45, 7) is 6.46. The molecule has 2 aromatic rings. The monoisotopic (exact) mass is 272 g/mol. The van der Waals surface area contributed by atoms with E-state index in [1.807, 2.05) is 45.0 Å². The lowest BCUT2D eigenvalue weighted by molar-refractivity contribution is -0.121. The summed E-state index contributed by atoms with van der Waals surface area (Å²) in [5.41, 5.74) is 0.884. The normalized spacial score (nSPS) is 12.2. The molecule has 5 heteroatoms. The molecule has 106 valence electrons. The first-order valence-electron chi connectivity index (χ1n) is 6.89. The molecule has 0 fully saturated rings. The van der Waals surface area contributed by atoms with Crippen LogP contribution in [0, 0.1) is 6.92 Å². The molecule has 0 radical (unpaired) electrons. The highest BCUT2D eigenvalue weighted by molar-refractivity contribution is 5.94. The van der Waals surface area contributed by atoms with Crippen LogP contribution in [0.15, 0.2) is 24.3 Å². The molecule has 0 saturated heterocycles. The van der Waals surface area contributed by atoms with Gasteiger partial charge in [0.15, 0.2) is 5.82 Å². The molecule has 5 nitrogen and oxygen atoms in total. The molecule has 1 heterocycles. The highest BCUT2D eigenvalue weighted by Crippen LogP contribution is 2.22. The van der Waals surface area contributed by atoms with Crippen molar-refractivity contribution in [3.8, 4) is 0 Å². The van der Waals surface area contributed by atoms with E-state index in [-0.39, 0.29) is 11.9 Å². The van der Waals surface area contributed by atoms with Crippen molar-refractivity contribution >= 4 is 22.5 Å². The molecule has 2 rings (SSSR count). The van der Waals surface area contributed by atoms with Crippen molar-refractivity contribution in [2.45, 2.75) is 33.2 Å². The van der Waals surface area contributed by atoms with Gasteiger partial charge < -0.3 is 10.6 Å². The van der Waals surface area contributed by atoms with E-state index in [1.54, 1.807) is 0 Å². The third kappa shape index (κ3) is 3.04. The number of benzene rings is 1. The predicted molar refractivity (Wildman–Crippen MR) is 80.7 cm³/mol. The molecule has 1 amide bonds. The van der Waals surface area contributed by atoms with Crippen LogP contribution in [-0.2, 0) is 4.79 Å². The van der Waals surface area contributed by atoms with Gasteiger partial charge in [-0.2, -0.15) is 5.10 Å². The lowest BCUT2D eigenvalue weighted by Crippen LogP contribution is -2.38. The van der Waals surface area contributed by atoms with Crippen LogP contribution >= 0.6 is 0 Å². The van der Waals surface area contributed by atoms with E-state index in [1.165, 1.54) is 0 Å². The maximum Gasteiger partial charge on any atom is 0.242 e. The van der Waals surface area contributed by atoms with Crippen LogP contribution < -0.4 is 10.6 Å². The molecule has 1 aromatic carbocycles. The van der Waals surface area contributed by atoms with Crippen molar-refractivity contribution in [3.63, 3.8) is 0 Å². The zero-order chi connectivity index (χ0) is 14.5. The van der Waals surface area contributed by atoms with Crippen LogP contribution in [0.5, 0.6) is 0 Å². The third-order valence-electron chi connectivity index (χ3n) is 3.17. The lowest BCUT2D eigenvalue weighted by Gasteiger charge is -2.15. The van der Waals surface area contributed by atoms with Gasteiger partial charge >= 0.3 is 0 Å². The summed E-state index contributed by atoms with van der Waals surface area (Å²) in [7, 11) is 0. The fourth-order valence-electron chi connectivity index (χ4n) is 2.02. The first-order chi connectivity index (χ1) is 9.63. The Bertz CT molecular complexity index is 612. The number of fused-ring (bicyclic) bond motifs is 1. The standard InChI is InChI=1S/C15H20N4O/c1-4-9-16-15(20)11(3)17-14-13-8-6-5-7-12(13)10(2)18-19-14/h5-8,11H,4,9H2,1-3H3,(H,16,20)(H,17,19). The molecule has 1 unspecified atom stereocenters. The van der Waals surface area contributed by atoms with E-state index in [4.69, 9.17) is 0 Å². The largest absolute Gasteiger partial charge is 0.357 e. The van der Waals surface area contributed by atoms with Crippen molar-refractivity contribution in [1.82, 2.24) is 15.5 Å². The number of nitrogens with zero attached hydrogens (tertiary/aromatic N) is 2. The molecule has 0 aliphatic heterocycles. The molecular formula is C15H20N4O. The van der Waals surface area contributed by atoms with Gasteiger partial charge in [0.2, 0.25) is 5.91 Å². The Balaban J connectivity index is 2.22. The van der Waals surface area contributed by atoms with Crippen LogP contribution in [-0.4, -0.2) is 28.7 Å². The summed E-state index contributed by atoms with van der Waals surface area (Å²) < 4.78 is 0. The number of anilines is 1. The maximum absolute atomic E-state index is 11.9. The summed E-state index contributed by atoms with van der Waals surface area (Å²) in [6, 6.07) is 7.57. The van der Waals surface area contributed by atoms with Gasteiger partial charge in [0.25, 0.3) is 0 Å². The number of rotatable bonds is 5. The highest BCUT2D eigenvalue weighted by atomic mass is 16.2. The quantitative estimate of drug-likeness (QED) is 0.876. The molecule has 0 aliphatic carbocycles. The van der Waals surface area contributed by atoms with E-state index < -0.39 is 0 Å². The first kappa shape index (κ1) is 14.2. The Morgan fingerprint density at radius 1 is 1.25 bits per heavy atom. The van der Waals surface area contributed by atoms with Crippen LogP contribution in [0.1, 0.15) is 26.0 Å². The summed E-state index contributed by atoms with van der Waals surface area (Å²) in [5.74, 6) is 0.614. The molecular weight excluding hydrogens is 252 g/mol. The van der Waals surface area contributed by atoms with Crippen LogP contribution in [0.25, 0.3) is 10.8 Å². The Kier molecular flexibility index (Phi) is 4.50. The number of aromatic nitrogens is 2. The van der Waals surface area contributed by atoms with Gasteiger partial charge in [-0.25, -0.2) is 0 Å². The summed E-state index contributed by atoms with van der Waals surface area (Å²) in [5, 5.41) is 16.3. The number of hydrogen-bond donors (Lipinski definition) is 2. The number of carbonyl (C=O) groups is 1. The van der Waals surface area contributed by atoms with Gasteiger partial charge in [0.05, 0.1) is 5.69 Å². The van der Waals surface area contributed by atoms with Crippen molar-refractivity contribution < 1.29 is 4.79 Å². The number of hydrogen-bond acceptors (Lipinski definition) is 4. The molecule has 0 spiro atoms.